The van der Waals surface area contributed by atoms with Gasteiger partial charge in [-0.15, -0.1) is 10.2 Å². The Bertz CT molecular complexity index is 1180. The van der Waals surface area contributed by atoms with E-state index in [1.54, 1.807) is 41.8 Å². The van der Waals surface area contributed by atoms with Gasteiger partial charge in [-0.3, -0.25) is 4.57 Å². The number of para-hydroxylation sites is 1. The van der Waals surface area contributed by atoms with Crippen molar-refractivity contribution in [1.29, 1.82) is 0 Å². The van der Waals surface area contributed by atoms with E-state index in [1.165, 1.54) is 14.2 Å². The molecule has 1 aliphatic rings. The molecule has 2 N–H and O–H groups in total. The number of benzene rings is 1. The van der Waals surface area contributed by atoms with Gasteiger partial charge in [-0.1, -0.05) is 6.07 Å². The van der Waals surface area contributed by atoms with E-state index in [2.05, 4.69) is 15.5 Å². The molecule has 0 unspecified atom stereocenters. The number of aliphatic hydroxyl groups excluding tert-OH is 1. The van der Waals surface area contributed by atoms with Gasteiger partial charge < -0.3 is 24.3 Å². The van der Waals surface area contributed by atoms with E-state index < -0.39 is 21.2 Å². The first-order valence-electron chi connectivity index (χ1n) is 10.2. The van der Waals surface area contributed by atoms with Crippen molar-refractivity contribution >= 4 is 9.84 Å². The Morgan fingerprint density at radius 1 is 1.16 bits per heavy atom. The van der Waals surface area contributed by atoms with E-state index >= 15 is 0 Å². The van der Waals surface area contributed by atoms with Gasteiger partial charge in [0.1, 0.15) is 28.7 Å². The first kappa shape index (κ1) is 22.3. The van der Waals surface area contributed by atoms with Crippen LogP contribution in [0.15, 0.2) is 34.7 Å². The van der Waals surface area contributed by atoms with Crippen molar-refractivity contribution in [2.24, 2.45) is 0 Å². The molecule has 32 heavy (non-hydrogen) atoms. The maximum Gasteiger partial charge on any atom is 0.204 e. The van der Waals surface area contributed by atoms with Crippen LogP contribution in [0, 0.1) is 6.92 Å². The van der Waals surface area contributed by atoms with Crippen molar-refractivity contribution in [1.82, 2.24) is 20.1 Å². The number of piperidine rings is 1. The summed E-state index contributed by atoms with van der Waals surface area (Å²) in [4.78, 5) is 0. The number of β-amino-alcohol motifs (C(OH)–C–C–N with tert-alkyl or cyclic N) is 1. The quantitative estimate of drug-likeness (QED) is 0.536. The standard InChI is InChI=1S/C21H26N4O6S/c1-13-7-8-18(31-13)21-24-23-19(12-32(27,28)15-9-14(26)10-22-11-15)25(21)20-16(29-2)5-4-6-17(20)30-3/h4-8,14-15,22,26H,9-12H2,1-3H3/t14-,15+/m1/s1. The fraction of sp³-hybridized carbons (Fsp3) is 0.429. The van der Waals surface area contributed by atoms with Crippen LogP contribution in [-0.2, 0) is 15.6 Å². The maximum atomic E-state index is 13.2. The average molecular weight is 463 g/mol. The highest BCUT2D eigenvalue weighted by Gasteiger charge is 2.34. The Kier molecular flexibility index (Phi) is 6.22. The van der Waals surface area contributed by atoms with E-state index in [1.807, 2.05) is 0 Å². The number of aromatic nitrogens is 3. The Morgan fingerprint density at radius 2 is 1.88 bits per heavy atom. The molecule has 0 radical (unpaired) electrons. The van der Waals surface area contributed by atoms with Crippen LogP contribution in [0.2, 0.25) is 0 Å². The third kappa shape index (κ3) is 4.23. The second-order valence-electron chi connectivity index (χ2n) is 7.67. The van der Waals surface area contributed by atoms with Crippen molar-refractivity contribution in [3.63, 3.8) is 0 Å². The summed E-state index contributed by atoms with van der Waals surface area (Å²) in [6.07, 6.45) is -0.538. The number of methoxy groups -OCH3 is 2. The van der Waals surface area contributed by atoms with E-state index in [9.17, 15) is 13.5 Å². The van der Waals surface area contributed by atoms with Gasteiger partial charge in [0.05, 0.1) is 25.6 Å². The number of rotatable bonds is 7. The molecule has 0 bridgehead atoms. The Hall–Kier alpha value is -2.89. The van der Waals surface area contributed by atoms with Crippen LogP contribution in [0.1, 0.15) is 18.0 Å². The molecular formula is C21H26N4O6S. The number of nitrogens with zero attached hydrogens (tertiary/aromatic N) is 3. The van der Waals surface area contributed by atoms with Gasteiger partial charge in [-0.25, -0.2) is 8.42 Å². The smallest absolute Gasteiger partial charge is 0.204 e. The van der Waals surface area contributed by atoms with Crippen molar-refractivity contribution in [2.45, 2.75) is 30.5 Å². The van der Waals surface area contributed by atoms with Crippen molar-refractivity contribution in [3.05, 3.63) is 41.9 Å². The number of aliphatic hydroxyl groups is 1. The molecular weight excluding hydrogens is 436 g/mol. The molecule has 2 aromatic heterocycles. The molecule has 4 rings (SSSR count). The van der Waals surface area contributed by atoms with Crippen LogP contribution in [0.25, 0.3) is 17.3 Å². The Labute approximate surface area is 186 Å². The fourth-order valence-electron chi connectivity index (χ4n) is 3.86. The molecule has 1 fully saturated rings. The van der Waals surface area contributed by atoms with Crippen molar-refractivity contribution in [3.8, 4) is 28.8 Å². The van der Waals surface area contributed by atoms with Crippen molar-refractivity contribution < 1.29 is 27.4 Å². The number of aryl methyl sites for hydroxylation is 1. The first-order valence-corrected chi connectivity index (χ1v) is 11.9. The highest BCUT2D eigenvalue weighted by atomic mass is 32.2. The van der Waals surface area contributed by atoms with Crippen molar-refractivity contribution in [2.75, 3.05) is 27.3 Å². The largest absolute Gasteiger partial charge is 0.494 e. The lowest BCUT2D eigenvalue weighted by Crippen LogP contribution is -2.46. The summed E-state index contributed by atoms with van der Waals surface area (Å²) in [5.41, 5.74) is 0.471. The predicted molar refractivity (Wildman–Crippen MR) is 117 cm³/mol. The molecule has 0 saturated carbocycles. The summed E-state index contributed by atoms with van der Waals surface area (Å²) >= 11 is 0. The molecule has 172 valence electrons. The average Bonchev–Trinajstić information content (AvgIpc) is 3.38. The summed E-state index contributed by atoms with van der Waals surface area (Å²) in [5, 5.41) is 20.6. The van der Waals surface area contributed by atoms with Crippen LogP contribution in [-0.4, -0.2) is 67.0 Å². The lowest BCUT2D eigenvalue weighted by Gasteiger charge is -2.26. The van der Waals surface area contributed by atoms with Gasteiger partial charge in [0.2, 0.25) is 5.82 Å². The van der Waals surface area contributed by atoms with Gasteiger partial charge in [-0.05, 0) is 37.6 Å². The minimum atomic E-state index is -3.66. The minimum absolute atomic E-state index is 0.172. The fourth-order valence-corrected chi connectivity index (χ4v) is 5.53. The SMILES string of the molecule is COc1cccc(OC)c1-n1c(CS(=O)(=O)[C@@H]2CNC[C@H](O)C2)nnc1-c1ccc(C)o1. The second kappa shape index (κ2) is 8.93. The molecule has 3 heterocycles. The summed E-state index contributed by atoms with van der Waals surface area (Å²) in [5.74, 6) is 2.17. The number of sulfone groups is 1. The molecule has 11 heteroatoms. The number of hydrogen-bond donors (Lipinski definition) is 2. The molecule has 0 spiro atoms. The van der Waals surface area contributed by atoms with E-state index in [4.69, 9.17) is 13.9 Å². The maximum absolute atomic E-state index is 13.2. The molecule has 0 aliphatic carbocycles. The van der Waals surface area contributed by atoms with Crippen LogP contribution >= 0.6 is 0 Å². The first-order chi connectivity index (χ1) is 15.3. The van der Waals surface area contributed by atoms with E-state index in [0.717, 1.165) is 0 Å². The van der Waals surface area contributed by atoms with Crippen LogP contribution < -0.4 is 14.8 Å². The van der Waals surface area contributed by atoms with Gasteiger partial charge in [0, 0.05) is 13.1 Å². The third-order valence-electron chi connectivity index (χ3n) is 5.44. The lowest BCUT2D eigenvalue weighted by atomic mass is 10.1. The Morgan fingerprint density at radius 3 is 2.47 bits per heavy atom. The highest BCUT2D eigenvalue weighted by Crippen LogP contribution is 2.37. The molecule has 0 amide bonds. The van der Waals surface area contributed by atoms with Gasteiger partial charge >= 0.3 is 0 Å². The zero-order valence-electron chi connectivity index (χ0n) is 18.1. The van der Waals surface area contributed by atoms with Gasteiger partial charge in [0.15, 0.2) is 21.4 Å². The molecule has 10 nitrogen and oxygen atoms in total. The van der Waals surface area contributed by atoms with Gasteiger partial charge in [0.25, 0.3) is 0 Å². The number of nitrogens with one attached hydrogen (secondary N) is 1. The number of ether oxygens (including phenoxy) is 2. The molecule has 2 atom stereocenters. The van der Waals surface area contributed by atoms with Crippen LogP contribution in [0.3, 0.4) is 0 Å². The summed E-state index contributed by atoms with van der Waals surface area (Å²) in [6, 6.07) is 8.80. The number of hydrogen-bond acceptors (Lipinski definition) is 9. The third-order valence-corrected chi connectivity index (χ3v) is 7.48. The monoisotopic (exact) mass is 462 g/mol. The van der Waals surface area contributed by atoms with E-state index in [-0.39, 0.29) is 24.5 Å². The number of furan rings is 1. The predicted octanol–water partition coefficient (Wildman–Crippen LogP) is 1.49. The molecule has 1 saturated heterocycles. The zero-order valence-corrected chi connectivity index (χ0v) is 18.9. The van der Waals surface area contributed by atoms with Gasteiger partial charge in [-0.2, -0.15) is 0 Å². The Balaban J connectivity index is 1.86. The van der Waals surface area contributed by atoms with E-state index in [0.29, 0.717) is 41.1 Å². The van der Waals surface area contributed by atoms with Crippen LogP contribution in [0.5, 0.6) is 11.5 Å². The normalized spacial score (nSPS) is 19.1. The molecule has 1 aliphatic heterocycles. The van der Waals surface area contributed by atoms with Crippen LogP contribution in [0.4, 0.5) is 0 Å². The highest BCUT2D eigenvalue weighted by molar-refractivity contribution is 7.91. The zero-order chi connectivity index (χ0) is 22.9. The second-order valence-corrected chi connectivity index (χ2v) is 9.95. The summed E-state index contributed by atoms with van der Waals surface area (Å²) in [7, 11) is -0.623. The summed E-state index contributed by atoms with van der Waals surface area (Å²) < 4.78 is 44.9. The summed E-state index contributed by atoms with van der Waals surface area (Å²) in [6.45, 7) is 2.46. The topological polar surface area (TPSA) is 129 Å². The lowest BCUT2D eigenvalue weighted by molar-refractivity contribution is 0.143. The molecule has 3 aromatic rings. The minimum Gasteiger partial charge on any atom is -0.494 e. The molecule has 1 aromatic carbocycles.